The monoisotopic (exact) mass is 403 g/mol. The molecule has 2 heteroatoms. The number of hydrogen-bond acceptors (Lipinski definition) is 0. The fraction of sp³-hybridized carbons (Fsp3) is 0.276. The second kappa shape index (κ2) is 6.20. The normalized spacial score (nSPS) is 15.9. The molecule has 0 spiro atoms. The Kier molecular flexibility index (Phi) is 3.51. The average molecular weight is 404 g/mol. The summed E-state index contributed by atoms with van der Waals surface area (Å²) < 4.78 is 4.87. The largest absolute Gasteiger partial charge is 0.303 e. The third-order valence-corrected chi connectivity index (χ3v) is 7.86. The molecule has 0 radical (unpaired) electrons. The Morgan fingerprint density at radius 3 is 2.58 bits per heavy atom. The summed E-state index contributed by atoms with van der Waals surface area (Å²) in [6.45, 7) is 2.25. The lowest BCUT2D eigenvalue weighted by molar-refractivity contribution is -0.644. The van der Waals surface area contributed by atoms with Gasteiger partial charge in [-0.15, -0.1) is 0 Å². The van der Waals surface area contributed by atoms with Crippen LogP contribution in [0, 0.1) is 6.92 Å². The molecule has 152 valence electrons. The Balaban J connectivity index is 1.74. The van der Waals surface area contributed by atoms with E-state index >= 15 is 0 Å². The minimum absolute atomic E-state index is 0.716. The van der Waals surface area contributed by atoms with Crippen LogP contribution >= 0.6 is 0 Å². The molecule has 0 saturated heterocycles. The van der Waals surface area contributed by atoms with Gasteiger partial charge in [-0.2, -0.15) is 4.57 Å². The zero-order valence-electron chi connectivity index (χ0n) is 18.3. The van der Waals surface area contributed by atoms with Crippen molar-refractivity contribution in [3.8, 4) is 0 Å². The number of hydrogen-bond donors (Lipinski definition) is 0. The van der Waals surface area contributed by atoms with Gasteiger partial charge >= 0.3 is 0 Å². The maximum atomic E-state index is 2.56. The molecule has 7 rings (SSSR count). The Morgan fingerprint density at radius 2 is 1.71 bits per heavy atom. The van der Waals surface area contributed by atoms with Crippen LogP contribution in [0.15, 0.2) is 60.8 Å². The van der Waals surface area contributed by atoms with Crippen molar-refractivity contribution in [2.75, 3.05) is 0 Å². The van der Waals surface area contributed by atoms with E-state index in [0.717, 1.165) is 0 Å². The molecule has 2 nitrogen and oxygen atoms in total. The minimum atomic E-state index is 0.716. The number of pyridine rings is 2. The molecule has 31 heavy (non-hydrogen) atoms. The zero-order chi connectivity index (χ0) is 20.7. The molecule has 6 aromatic rings. The van der Waals surface area contributed by atoms with Crippen LogP contribution in [0.5, 0.6) is 0 Å². The van der Waals surface area contributed by atoms with Crippen molar-refractivity contribution in [3.63, 3.8) is 0 Å². The van der Waals surface area contributed by atoms with Crippen LogP contribution in [-0.2, 0) is 7.05 Å². The van der Waals surface area contributed by atoms with Gasteiger partial charge in [-0.3, -0.25) is 0 Å². The van der Waals surface area contributed by atoms with E-state index < -0.39 is 0 Å². The van der Waals surface area contributed by atoms with Crippen LogP contribution in [0.4, 0.5) is 0 Å². The maximum absolute atomic E-state index is 2.56. The van der Waals surface area contributed by atoms with Crippen LogP contribution in [0.25, 0.3) is 49.0 Å². The summed E-state index contributed by atoms with van der Waals surface area (Å²) in [7, 11) is 2.19. The molecule has 3 aromatic heterocycles. The van der Waals surface area contributed by atoms with Gasteiger partial charge in [0, 0.05) is 22.2 Å². The molecule has 3 heterocycles. The molecule has 0 atom stereocenters. The quantitative estimate of drug-likeness (QED) is 0.156. The standard InChI is InChI=1S/C29H27N2/c1-18-11-12-20-9-6-10-24-27(20)26(18)29-28-23(15-16-30(29)2)22-14-13-21(17-25(22)31(24)28)19-7-4-3-5-8-19/h6,9-17,19H,3-5,7-8H2,1-2H3/q+1. The van der Waals surface area contributed by atoms with Gasteiger partial charge < -0.3 is 4.40 Å². The molecular formula is C29H27N2+. The van der Waals surface area contributed by atoms with Gasteiger partial charge in [-0.05, 0) is 54.3 Å². The summed E-state index contributed by atoms with van der Waals surface area (Å²) >= 11 is 0. The third-order valence-electron chi connectivity index (χ3n) is 7.86. The van der Waals surface area contributed by atoms with E-state index in [4.69, 9.17) is 0 Å². The fourth-order valence-electron chi connectivity index (χ4n) is 6.35. The highest BCUT2D eigenvalue weighted by atomic mass is 15.0. The lowest BCUT2D eigenvalue weighted by Gasteiger charge is -2.22. The Morgan fingerprint density at radius 1 is 0.839 bits per heavy atom. The average Bonchev–Trinajstić information content (AvgIpc) is 3.14. The maximum Gasteiger partial charge on any atom is 0.238 e. The topological polar surface area (TPSA) is 8.29 Å². The molecule has 1 aliphatic carbocycles. The summed E-state index contributed by atoms with van der Waals surface area (Å²) in [5.41, 5.74) is 8.27. The fourth-order valence-corrected chi connectivity index (χ4v) is 6.35. The van der Waals surface area contributed by atoms with Crippen LogP contribution in [0.1, 0.15) is 49.1 Å². The second-order valence-corrected chi connectivity index (χ2v) is 9.62. The summed E-state index contributed by atoms with van der Waals surface area (Å²) in [4.78, 5) is 0. The number of benzene rings is 3. The van der Waals surface area contributed by atoms with E-state index in [1.165, 1.54) is 92.2 Å². The Hall–Kier alpha value is -3.13. The highest BCUT2D eigenvalue weighted by molar-refractivity contribution is 6.25. The lowest BCUT2D eigenvalue weighted by Crippen LogP contribution is -2.28. The van der Waals surface area contributed by atoms with Gasteiger partial charge in [0.05, 0.1) is 16.4 Å². The first-order valence-corrected chi connectivity index (χ1v) is 11.7. The van der Waals surface area contributed by atoms with Crippen molar-refractivity contribution in [3.05, 3.63) is 71.9 Å². The molecule has 3 aromatic carbocycles. The highest BCUT2D eigenvalue weighted by Gasteiger charge is 2.25. The van der Waals surface area contributed by atoms with Gasteiger partial charge in [0.25, 0.3) is 0 Å². The lowest BCUT2D eigenvalue weighted by atomic mass is 9.84. The van der Waals surface area contributed by atoms with Crippen molar-refractivity contribution < 1.29 is 4.57 Å². The molecule has 0 N–H and O–H groups in total. The minimum Gasteiger partial charge on any atom is -0.303 e. The van der Waals surface area contributed by atoms with Crippen molar-refractivity contribution in [1.29, 1.82) is 0 Å². The van der Waals surface area contributed by atoms with Crippen molar-refractivity contribution in [1.82, 2.24) is 4.40 Å². The smallest absolute Gasteiger partial charge is 0.238 e. The summed E-state index contributed by atoms with van der Waals surface area (Å²) in [5, 5.41) is 6.84. The summed E-state index contributed by atoms with van der Waals surface area (Å²) in [6.07, 6.45) is 9.06. The van der Waals surface area contributed by atoms with Gasteiger partial charge in [0.2, 0.25) is 5.52 Å². The summed E-state index contributed by atoms with van der Waals surface area (Å²) in [5.74, 6) is 0.716. The molecule has 0 unspecified atom stereocenters. The van der Waals surface area contributed by atoms with Crippen molar-refractivity contribution >= 4 is 49.0 Å². The Labute approximate surface area is 182 Å². The van der Waals surface area contributed by atoms with Gasteiger partial charge in [-0.25, -0.2) is 0 Å². The second-order valence-electron chi connectivity index (χ2n) is 9.62. The first-order chi connectivity index (χ1) is 15.2. The van der Waals surface area contributed by atoms with Gasteiger partial charge in [-0.1, -0.05) is 55.7 Å². The number of aromatic nitrogens is 2. The predicted octanol–water partition coefficient (Wildman–Crippen LogP) is 7.17. The number of aryl methyl sites for hydroxylation is 2. The van der Waals surface area contributed by atoms with Gasteiger partial charge in [0.15, 0.2) is 6.20 Å². The first kappa shape index (κ1) is 17.5. The van der Waals surface area contributed by atoms with E-state index in [0.29, 0.717) is 5.92 Å². The van der Waals surface area contributed by atoms with Crippen LogP contribution in [0.2, 0.25) is 0 Å². The predicted molar refractivity (Wildman–Crippen MR) is 130 cm³/mol. The van der Waals surface area contributed by atoms with Crippen molar-refractivity contribution in [2.45, 2.75) is 44.9 Å². The molecule has 0 amide bonds. The number of rotatable bonds is 1. The molecular weight excluding hydrogens is 376 g/mol. The van der Waals surface area contributed by atoms with E-state index in [9.17, 15) is 0 Å². The number of nitrogens with zero attached hydrogens (tertiary/aromatic N) is 2. The van der Waals surface area contributed by atoms with Gasteiger partial charge in [0.1, 0.15) is 12.6 Å². The van der Waals surface area contributed by atoms with E-state index in [-0.39, 0.29) is 0 Å². The van der Waals surface area contributed by atoms with Crippen LogP contribution < -0.4 is 4.57 Å². The molecule has 0 bridgehead atoms. The molecule has 1 saturated carbocycles. The van der Waals surface area contributed by atoms with E-state index in [2.05, 4.69) is 83.7 Å². The molecule has 1 fully saturated rings. The van der Waals surface area contributed by atoms with E-state index in [1.54, 1.807) is 0 Å². The van der Waals surface area contributed by atoms with Crippen LogP contribution in [0.3, 0.4) is 0 Å². The number of fused-ring (bicyclic) bond motifs is 5. The summed E-state index contributed by atoms with van der Waals surface area (Å²) in [6, 6.07) is 21.0. The van der Waals surface area contributed by atoms with Crippen molar-refractivity contribution in [2.24, 2.45) is 7.05 Å². The third kappa shape index (κ3) is 2.25. The molecule has 1 aliphatic rings. The highest BCUT2D eigenvalue weighted by Crippen LogP contribution is 2.41. The Bertz CT molecular complexity index is 1630. The first-order valence-electron chi connectivity index (χ1n) is 11.7. The van der Waals surface area contributed by atoms with Crippen LogP contribution in [-0.4, -0.2) is 4.40 Å². The van der Waals surface area contributed by atoms with E-state index in [1.807, 2.05) is 0 Å². The zero-order valence-corrected chi connectivity index (χ0v) is 18.3. The SMILES string of the molecule is Cc1ccc2cccc3c2c1c1c2c(cc[n+]1C)c1ccc(C4CCCCC4)cc1n32. The molecule has 0 aliphatic heterocycles.